The van der Waals surface area contributed by atoms with Gasteiger partial charge in [0.2, 0.25) is 0 Å². The zero-order chi connectivity index (χ0) is 11.8. The van der Waals surface area contributed by atoms with Crippen molar-refractivity contribution in [3.05, 3.63) is 23.8 Å². The average molecular weight is 234 g/mol. The van der Waals surface area contributed by atoms with Crippen LogP contribution >= 0.6 is 0 Å². The molecule has 3 atom stereocenters. The first kappa shape index (κ1) is 10.9. The molecule has 17 heavy (non-hydrogen) atoms. The molecule has 1 aliphatic carbocycles. The lowest BCUT2D eigenvalue weighted by atomic mass is 10.0. The fraction of sp³-hybridized carbons (Fsp3) is 0.571. The molecule has 1 aromatic rings. The van der Waals surface area contributed by atoms with Gasteiger partial charge in [-0.3, -0.25) is 0 Å². The first-order valence-electron chi connectivity index (χ1n) is 6.33. The molecule has 1 aromatic carbocycles. The fourth-order valence-corrected chi connectivity index (χ4v) is 2.40. The molecule has 92 valence electrons. The third-order valence-electron chi connectivity index (χ3n) is 3.69. The van der Waals surface area contributed by atoms with E-state index in [4.69, 9.17) is 9.47 Å². The first-order chi connectivity index (χ1) is 8.25. The fourth-order valence-electron chi connectivity index (χ4n) is 2.40. The highest BCUT2D eigenvalue weighted by Crippen LogP contribution is 2.47. The van der Waals surface area contributed by atoms with Crippen molar-refractivity contribution in [2.24, 2.45) is 11.8 Å². The van der Waals surface area contributed by atoms with Gasteiger partial charge in [0, 0.05) is 6.42 Å². The van der Waals surface area contributed by atoms with Crippen molar-refractivity contribution in [2.75, 3.05) is 13.2 Å². The average Bonchev–Trinajstić information content (AvgIpc) is 3.09. The lowest BCUT2D eigenvalue weighted by molar-refractivity contribution is 0.147. The van der Waals surface area contributed by atoms with Crippen LogP contribution in [0, 0.1) is 11.8 Å². The van der Waals surface area contributed by atoms with Crippen LogP contribution in [-0.2, 0) is 0 Å². The number of aliphatic hydroxyl groups excluding tert-OH is 1. The maximum Gasteiger partial charge on any atom is 0.161 e. The highest BCUT2D eigenvalue weighted by atomic mass is 16.5. The third-order valence-corrected chi connectivity index (χ3v) is 3.69. The minimum Gasteiger partial charge on any atom is -0.490 e. The standard InChI is InChI=1S/C14H18O3/c1-9-7-11(9)14(15)10-3-4-12-13(8-10)17-6-2-5-16-12/h3-4,8-9,11,14-15H,2,5-7H2,1H3. The van der Waals surface area contributed by atoms with Crippen molar-refractivity contribution in [3.8, 4) is 11.5 Å². The Morgan fingerprint density at radius 3 is 2.65 bits per heavy atom. The smallest absolute Gasteiger partial charge is 0.161 e. The van der Waals surface area contributed by atoms with Gasteiger partial charge in [0.05, 0.1) is 19.3 Å². The summed E-state index contributed by atoms with van der Waals surface area (Å²) in [5.74, 6) is 2.62. The molecule has 0 bridgehead atoms. The molecule has 3 heteroatoms. The molecule has 1 heterocycles. The van der Waals surface area contributed by atoms with Crippen molar-refractivity contribution in [1.82, 2.24) is 0 Å². The largest absolute Gasteiger partial charge is 0.490 e. The van der Waals surface area contributed by atoms with E-state index in [2.05, 4.69) is 6.92 Å². The molecule has 0 radical (unpaired) electrons. The number of rotatable bonds is 2. The molecular formula is C14H18O3. The minimum atomic E-state index is -0.359. The Balaban J connectivity index is 1.84. The van der Waals surface area contributed by atoms with Crippen LogP contribution in [-0.4, -0.2) is 18.3 Å². The normalized spacial score (nSPS) is 28.4. The van der Waals surface area contributed by atoms with Gasteiger partial charge in [-0.25, -0.2) is 0 Å². The van der Waals surface area contributed by atoms with Crippen molar-refractivity contribution in [1.29, 1.82) is 0 Å². The number of hydrogen-bond donors (Lipinski definition) is 1. The molecule has 1 fully saturated rings. The minimum absolute atomic E-state index is 0.359. The number of benzene rings is 1. The van der Waals surface area contributed by atoms with Crippen molar-refractivity contribution >= 4 is 0 Å². The molecule has 1 N–H and O–H groups in total. The monoisotopic (exact) mass is 234 g/mol. The Morgan fingerprint density at radius 2 is 1.94 bits per heavy atom. The Morgan fingerprint density at radius 1 is 1.24 bits per heavy atom. The van der Waals surface area contributed by atoms with Gasteiger partial charge in [-0.05, 0) is 36.0 Å². The van der Waals surface area contributed by atoms with Gasteiger partial charge >= 0.3 is 0 Å². The van der Waals surface area contributed by atoms with Crippen LogP contribution in [0.25, 0.3) is 0 Å². The number of aliphatic hydroxyl groups is 1. The molecule has 0 spiro atoms. The molecule has 3 nitrogen and oxygen atoms in total. The van der Waals surface area contributed by atoms with Crippen LogP contribution in [0.4, 0.5) is 0 Å². The molecule has 0 amide bonds. The van der Waals surface area contributed by atoms with Crippen molar-refractivity contribution in [2.45, 2.75) is 25.9 Å². The first-order valence-corrected chi connectivity index (χ1v) is 6.33. The zero-order valence-corrected chi connectivity index (χ0v) is 10.1. The zero-order valence-electron chi connectivity index (χ0n) is 10.1. The number of hydrogen-bond acceptors (Lipinski definition) is 3. The summed E-state index contributed by atoms with van der Waals surface area (Å²) in [4.78, 5) is 0. The maximum atomic E-state index is 10.2. The second-order valence-corrected chi connectivity index (χ2v) is 5.08. The van der Waals surface area contributed by atoms with E-state index < -0.39 is 0 Å². The summed E-state index contributed by atoms with van der Waals surface area (Å²) < 4.78 is 11.2. The van der Waals surface area contributed by atoms with Gasteiger partial charge in [-0.2, -0.15) is 0 Å². The van der Waals surface area contributed by atoms with Gasteiger partial charge in [0.25, 0.3) is 0 Å². The summed E-state index contributed by atoms with van der Waals surface area (Å²) >= 11 is 0. The number of ether oxygens (including phenoxy) is 2. The van der Waals surface area contributed by atoms with Crippen LogP contribution in [0.5, 0.6) is 11.5 Å². The van der Waals surface area contributed by atoms with Crippen LogP contribution in [0.1, 0.15) is 31.4 Å². The van der Waals surface area contributed by atoms with Crippen LogP contribution in [0.15, 0.2) is 18.2 Å². The predicted octanol–water partition coefficient (Wildman–Crippen LogP) is 2.54. The Hall–Kier alpha value is -1.22. The van der Waals surface area contributed by atoms with Gasteiger partial charge in [0.1, 0.15) is 0 Å². The second-order valence-electron chi connectivity index (χ2n) is 5.08. The Labute approximate surface area is 101 Å². The molecule has 3 rings (SSSR count). The summed E-state index contributed by atoms with van der Waals surface area (Å²) in [6.07, 6.45) is 1.67. The van der Waals surface area contributed by atoms with Gasteiger partial charge in [0.15, 0.2) is 11.5 Å². The Bertz CT molecular complexity index is 416. The van der Waals surface area contributed by atoms with Crippen LogP contribution in [0.2, 0.25) is 0 Å². The van der Waals surface area contributed by atoms with Gasteiger partial charge in [-0.1, -0.05) is 13.0 Å². The highest BCUT2D eigenvalue weighted by Gasteiger charge is 2.39. The summed E-state index contributed by atoms with van der Waals surface area (Å²) in [6, 6.07) is 5.78. The van der Waals surface area contributed by atoms with E-state index in [-0.39, 0.29) is 6.10 Å². The Kier molecular flexibility index (Phi) is 2.71. The van der Waals surface area contributed by atoms with E-state index in [0.29, 0.717) is 25.0 Å². The summed E-state index contributed by atoms with van der Waals surface area (Å²) in [7, 11) is 0. The van der Waals surface area contributed by atoms with Gasteiger partial charge < -0.3 is 14.6 Å². The van der Waals surface area contributed by atoms with Crippen molar-refractivity contribution < 1.29 is 14.6 Å². The van der Waals surface area contributed by atoms with E-state index in [0.717, 1.165) is 29.9 Å². The van der Waals surface area contributed by atoms with E-state index in [9.17, 15) is 5.11 Å². The molecule has 1 saturated carbocycles. The SMILES string of the molecule is CC1CC1C(O)c1ccc2c(c1)OCCCO2. The molecule has 1 aliphatic heterocycles. The summed E-state index contributed by atoms with van der Waals surface area (Å²) in [6.45, 7) is 3.57. The van der Waals surface area contributed by atoms with E-state index >= 15 is 0 Å². The van der Waals surface area contributed by atoms with E-state index in [1.165, 1.54) is 0 Å². The second kappa shape index (κ2) is 4.22. The van der Waals surface area contributed by atoms with Crippen LogP contribution < -0.4 is 9.47 Å². The third kappa shape index (κ3) is 2.12. The number of fused-ring (bicyclic) bond motifs is 1. The molecule has 2 aliphatic rings. The van der Waals surface area contributed by atoms with Crippen LogP contribution in [0.3, 0.4) is 0 Å². The lowest BCUT2D eigenvalue weighted by Gasteiger charge is -2.13. The maximum absolute atomic E-state index is 10.2. The molecule has 3 unspecified atom stereocenters. The lowest BCUT2D eigenvalue weighted by Crippen LogP contribution is -2.02. The van der Waals surface area contributed by atoms with Gasteiger partial charge in [-0.15, -0.1) is 0 Å². The highest BCUT2D eigenvalue weighted by molar-refractivity contribution is 5.44. The topological polar surface area (TPSA) is 38.7 Å². The predicted molar refractivity (Wildman–Crippen MR) is 64.3 cm³/mol. The summed E-state index contributed by atoms with van der Waals surface area (Å²) in [5.41, 5.74) is 0.948. The molecule has 0 aromatic heterocycles. The van der Waals surface area contributed by atoms with Crippen molar-refractivity contribution in [3.63, 3.8) is 0 Å². The van der Waals surface area contributed by atoms with E-state index in [1.807, 2.05) is 18.2 Å². The quantitative estimate of drug-likeness (QED) is 0.854. The molecular weight excluding hydrogens is 216 g/mol. The summed E-state index contributed by atoms with van der Waals surface area (Å²) in [5, 5.41) is 10.2. The van der Waals surface area contributed by atoms with E-state index in [1.54, 1.807) is 0 Å². The molecule has 0 saturated heterocycles.